The molecule has 2 amide bonds. The van der Waals surface area contributed by atoms with Crippen LogP contribution >= 0.6 is 43.5 Å². The molecule has 2 fully saturated rings. The second kappa shape index (κ2) is 13.5. The fraction of sp³-hybridized carbons (Fsp3) is 0.567. The predicted octanol–water partition coefficient (Wildman–Crippen LogP) is 6.54. The molecule has 1 aromatic heterocycles. The lowest BCUT2D eigenvalue weighted by atomic mass is 9.76. The summed E-state index contributed by atoms with van der Waals surface area (Å²) >= 11 is 13.9. The molecule has 9 heteroatoms. The third-order valence-electron chi connectivity index (χ3n) is 8.43. The molecule has 3 heterocycles. The number of carbonyl (C=O) groups excluding carboxylic acids is 2. The van der Waals surface area contributed by atoms with Crippen LogP contribution in [-0.2, 0) is 27.2 Å². The molecule has 0 saturated carbocycles. The van der Waals surface area contributed by atoms with Gasteiger partial charge in [0, 0.05) is 65.1 Å². The molecule has 0 bridgehead atoms. The number of morpholine rings is 1. The maximum atomic E-state index is 13.0. The largest absolute Gasteiger partial charge is 0.378 e. The average Bonchev–Trinajstić information content (AvgIpc) is 3.10. The molecule has 2 saturated heterocycles. The highest BCUT2D eigenvalue weighted by molar-refractivity contribution is 9.10. The van der Waals surface area contributed by atoms with E-state index in [2.05, 4.69) is 44.0 Å². The number of nitrogens with zero attached hydrogens (tertiary/aromatic N) is 3. The van der Waals surface area contributed by atoms with Crippen LogP contribution in [0.4, 0.5) is 0 Å². The van der Waals surface area contributed by atoms with E-state index in [0.29, 0.717) is 45.1 Å². The number of fused-ring (bicyclic) bond motifs is 2. The van der Waals surface area contributed by atoms with E-state index in [1.165, 1.54) is 16.7 Å². The SMILES string of the molecule is O=C(CCCCCC(=O)N1CCC([C@H]2c3ncc(Br)cc3CCc3cc(Cl)cc(Br)c32)CC1)N1CCOCC1. The normalized spacial score (nSPS) is 19.8. The number of ether oxygens (including phenoxy) is 1. The molecule has 2 aromatic rings. The highest BCUT2D eigenvalue weighted by Crippen LogP contribution is 2.46. The van der Waals surface area contributed by atoms with Crippen LogP contribution in [0.15, 0.2) is 33.3 Å². The number of benzene rings is 1. The summed E-state index contributed by atoms with van der Waals surface area (Å²) in [7, 11) is 0. The number of aryl methyl sites for hydroxylation is 2. The summed E-state index contributed by atoms with van der Waals surface area (Å²) < 4.78 is 7.38. The smallest absolute Gasteiger partial charge is 0.222 e. The number of unbranched alkanes of at least 4 members (excludes halogenated alkanes) is 2. The molecule has 6 nitrogen and oxygen atoms in total. The van der Waals surface area contributed by atoms with Crippen molar-refractivity contribution < 1.29 is 14.3 Å². The third-order valence-corrected chi connectivity index (χ3v) is 9.73. The number of amides is 2. The van der Waals surface area contributed by atoms with E-state index < -0.39 is 0 Å². The zero-order valence-corrected chi connectivity index (χ0v) is 26.2. The fourth-order valence-corrected chi connectivity index (χ4v) is 7.87. The minimum absolute atomic E-state index is 0.179. The minimum Gasteiger partial charge on any atom is -0.378 e. The van der Waals surface area contributed by atoms with Gasteiger partial charge in [0.1, 0.15) is 0 Å². The van der Waals surface area contributed by atoms with Crippen molar-refractivity contribution in [1.82, 2.24) is 14.8 Å². The van der Waals surface area contributed by atoms with Crippen LogP contribution in [0.5, 0.6) is 0 Å². The van der Waals surface area contributed by atoms with Crippen LogP contribution in [0.1, 0.15) is 73.2 Å². The van der Waals surface area contributed by atoms with E-state index in [1.54, 1.807) is 0 Å². The third kappa shape index (κ3) is 7.06. The Hall–Kier alpha value is -1.48. The van der Waals surface area contributed by atoms with E-state index in [4.69, 9.17) is 21.3 Å². The van der Waals surface area contributed by atoms with E-state index in [9.17, 15) is 9.59 Å². The highest BCUT2D eigenvalue weighted by Gasteiger charge is 2.36. The van der Waals surface area contributed by atoms with Gasteiger partial charge in [0.05, 0.1) is 18.9 Å². The van der Waals surface area contributed by atoms with Gasteiger partial charge in [-0.05, 0) is 95.3 Å². The number of rotatable bonds is 7. The van der Waals surface area contributed by atoms with Crippen LogP contribution in [0.2, 0.25) is 5.02 Å². The number of hydrogen-bond donors (Lipinski definition) is 0. The van der Waals surface area contributed by atoms with Crippen molar-refractivity contribution in [3.63, 3.8) is 0 Å². The van der Waals surface area contributed by atoms with Crippen LogP contribution in [0.3, 0.4) is 0 Å². The molecule has 3 aliphatic rings. The van der Waals surface area contributed by atoms with Crippen LogP contribution < -0.4 is 0 Å². The first-order chi connectivity index (χ1) is 18.9. The Morgan fingerprint density at radius 2 is 1.54 bits per heavy atom. The molecule has 0 radical (unpaired) electrons. The summed E-state index contributed by atoms with van der Waals surface area (Å²) in [6.07, 6.45) is 9.41. The summed E-state index contributed by atoms with van der Waals surface area (Å²) in [5, 5.41) is 0.755. The molecule has 210 valence electrons. The zero-order chi connectivity index (χ0) is 27.4. The number of pyridine rings is 1. The van der Waals surface area contributed by atoms with Crippen molar-refractivity contribution >= 4 is 55.3 Å². The van der Waals surface area contributed by atoms with Crippen molar-refractivity contribution in [2.75, 3.05) is 39.4 Å². The standard InChI is InChI=1S/C30H36Br2ClN3O3/c31-23-16-22-7-6-21-17-24(33)18-25(32)28(21)29(30(22)34-19-23)20-8-10-35(11-9-20)26(37)4-2-1-3-5-27(38)36-12-14-39-15-13-36/h16-20,29H,1-15H2/t29-/m1/s1. The zero-order valence-electron chi connectivity index (χ0n) is 22.3. The van der Waals surface area contributed by atoms with Crippen LogP contribution in [0.25, 0.3) is 0 Å². The second-order valence-corrected chi connectivity index (χ2v) is 13.1. The summed E-state index contributed by atoms with van der Waals surface area (Å²) in [6.45, 7) is 4.23. The van der Waals surface area contributed by atoms with Gasteiger partial charge in [-0.25, -0.2) is 0 Å². The lowest BCUT2D eigenvalue weighted by Crippen LogP contribution is -2.40. The first kappa shape index (κ1) is 29.0. The van der Waals surface area contributed by atoms with Gasteiger partial charge in [0.2, 0.25) is 11.8 Å². The first-order valence-corrected chi connectivity index (χ1v) is 16.1. The summed E-state index contributed by atoms with van der Waals surface area (Å²) in [5.41, 5.74) is 5.05. The monoisotopic (exact) mass is 679 g/mol. The van der Waals surface area contributed by atoms with E-state index >= 15 is 0 Å². The summed E-state index contributed by atoms with van der Waals surface area (Å²) in [5.74, 6) is 1.04. The molecular weight excluding hydrogens is 646 g/mol. The van der Waals surface area contributed by atoms with E-state index in [-0.39, 0.29) is 17.7 Å². The van der Waals surface area contributed by atoms with Gasteiger partial charge in [-0.2, -0.15) is 0 Å². The van der Waals surface area contributed by atoms with Crippen molar-refractivity contribution in [1.29, 1.82) is 0 Å². The number of aromatic nitrogens is 1. The minimum atomic E-state index is 0.179. The fourth-order valence-electron chi connectivity index (χ4n) is 6.37. The van der Waals surface area contributed by atoms with Gasteiger partial charge in [-0.1, -0.05) is 34.0 Å². The molecule has 0 N–H and O–H groups in total. The number of hydrogen-bond acceptors (Lipinski definition) is 4. The van der Waals surface area contributed by atoms with E-state index in [1.807, 2.05) is 22.1 Å². The topological polar surface area (TPSA) is 62.7 Å². The Balaban J connectivity index is 1.17. The van der Waals surface area contributed by atoms with Crippen molar-refractivity contribution in [2.24, 2.45) is 5.92 Å². The second-order valence-electron chi connectivity index (χ2n) is 10.9. The highest BCUT2D eigenvalue weighted by atomic mass is 79.9. The lowest BCUT2D eigenvalue weighted by Gasteiger charge is -2.37. The summed E-state index contributed by atoms with van der Waals surface area (Å²) in [6, 6.07) is 6.33. The van der Waals surface area contributed by atoms with Crippen molar-refractivity contribution in [2.45, 2.75) is 63.7 Å². The van der Waals surface area contributed by atoms with Gasteiger partial charge >= 0.3 is 0 Å². The van der Waals surface area contributed by atoms with Gasteiger partial charge in [0.15, 0.2) is 0 Å². The maximum absolute atomic E-state index is 13.0. The Labute approximate surface area is 253 Å². The van der Waals surface area contributed by atoms with Crippen LogP contribution in [0, 0.1) is 5.92 Å². The Bertz CT molecular complexity index is 1200. The molecular formula is C30H36Br2ClN3O3. The lowest BCUT2D eigenvalue weighted by molar-refractivity contribution is -0.135. The van der Waals surface area contributed by atoms with Crippen LogP contribution in [-0.4, -0.2) is 66.0 Å². The molecule has 0 spiro atoms. The molecule has 1 aromatic carbocycles. The maximum Gasteiger partial charge on any atom is 0.222 e. The Morgan fingerprint density at radius 1 is 0.897 bits per heavy atom. The summed E-state index contributed by atoms with van der Waals surface area (Å²) in [4.78, 5) is 34.2. The van der Waals surface area contributed by atoms with Gasteiger partial charge < -0.3 is 14.5 Å². The molecule has 5 rings (SSSR count). The quantitative estimate of drug-likeness (QED) is 0.312. The van der Waals surface area contributed by atoms with Gasteiger partial charge in [-0.15, -0.1) is 0 Å². The van der Waals surface area contributed by atoms with Crippen molar-refractivity contribution in [3.8, 4) is 0 Å². The molecule has 39 heavy (non-hydrogen) atoms. The molecule has 2 aliphatic heterocycles. The van der Waals surface area contributed by atoms with E-state index in [0.717, 1.165) is 77.7 Å². The predicted molar refractivity (Wildman–Crippen MR) is 160 cm³/mol. The molecule has 1 atom stereocenters. The molecule has 1 aliphatic carbocycles. The van der Waals surface area contributed by atoms with Crippen molar-refractivity contribution in [3.05, 3.63) is 60.7 Å². The number of halogens is 3. The Kier molecular flexibility index (Phi) is 10.0. The number of likely N-dealkylation sites (tertiary alicyclic amines) is 1. The Morgan fingerprint density at radius 3 is 2.23 bits per heavy atom. The van der Waals surface area contributed by atoms with Gasteiger partial charge in [-0.3, -0.25) is 14.6 Å². The number of piperidine rings is 1. The number of carbonyl (C=O) groups is 2. The first-order valence-electron chi connectivity index (χ1n) is 14.2. The van der Waals surface area contributed by atoms with Gasteiger partial charge in [0.25, 0.3) is 0 Å². The molecule has 0 unspecified atom stereocenters. The average molecular weight is 682 g/mol.